The van der Waals surface area contributed by atoms with Crippen molar-refractivity contribution in [3.8, 4) is 22.9 Å². The smallest absolute Gasteiger partial charge is 0.221 e. The van der Waals surface area contributed by atoms with Crippen molar-refractivity contribution < 1.29 is 0 Å². The average Bonchev–Trinajstić information content (AvgIpc) is 2.56. The molecule has 0 radical (unpaired) electrons. The van der Waals surface area contributed by atoms with Gasteiger partial charge in [-0.25, -0.2) is 0 Å². The van der Waals surface area contributed by atoms with Crippen LogP contribution in [-0.4, -0.2) is 25.4 Å². The molecule has 0 aliphatic carbocycles. The summed E-state index contributed by atoms with van der Waals surface area (Å²) in [6.07, 6.45) is 1.68. The van der Waals surface area contributed by atoms with Gasteiger partial charge in [0, 0.05) is 18.3 Å². The van der Waals surface area contributed by atoms with Crippen molar-refractivity contribution >= 4 is 24.8 Å². The first-order valence-electron chi connectivity index (χ1n) is 6.15. The van der Waals surface area contributed by atoms with Gasteiger partial charge in [-0.3, -0.25) is 4.98 Å². The largest absolute Gasteiger partial charge is 0.326 e. The van der Waals surface area contributed by atoms with Crippen LogP contribution in [0.2, 0.25) is 0 Å². The SMILES string of the molecule is Cl.Cl.NCc1ccc(-c2nnc(-c3ccccn3)nn2)cc1. The second-order valence-electron chi connectivity index (χ2n) is 4.16. The van der Waals surface area contributed by atoms with Crippen molar-refractivity contribution in [3.05, 3.63) is 54.2 Å². The Morgan fingerprint density at radius 2 is 1.41 bits per heavy atom. The van der Waals surface area contributed by atoms with E-state index in [0.717, 1.165) is 11.1 Å². The lowest BCUT2D eigenvalue weighted by molar-refractivity contribution is 0.870. The average molecular weight is 337 g/mol. The number of pyridine rings is 1. The first-order valence-corrected chi connectivity index (χ1v) is 6.15. The fraction of sp³-hybridized carbons (Fsp3) is 0.0714. The van der Waals surface area contributed by atoms with Crippen molar-refractivity contribution in [2.45, 2.75) is 6.54 Å². The van der Waals surface area contributed by atoms with Gasteiger partial charge in [0.15, 0.2) is 0 Å². The number of nitrogens with zero attached hydrogens (tertiary/aromatic N) is 5. The van der Waals surface area contributed by atoms with Crippen molar-refractivity contribution in [1.82, 2.24) is 25.4 Å². The molecule has 1 aromatic carbocycles. The molecule has 2 aromatic heterocycles. The number of aromatic nitrogens is 5. The zero-order valence-corrected chi connectivity index (χ0v) is 13.1. The highest BCUT2D eigenvalue weighted by molar-refractivity contribution is 5.85. The first-order chi connectivity index (χ1) is 9.86. The monoisotopic (exact) mass is 336 g/mol. The summed E-state index contributed by atoms with van der Waals surface area (Å²) in [5.74, 6) is 0.890. The minimum atomic E-state index is 0. The molecule has 2 heterocycles. The van der Waals surface area contributed by atoms with Crippen LogP contribution < -0.4 is 5.73 Å². The predicted octanol–water partition coefficient (Wildman–Crippen LogP) is 2.30. The summed E-state index contributed by atoms with van der Waals surface area (Å²) in [4.78, 5) is 4.16. The molecule has 0 spiro atoms. The molecule has 2 N–H and O–H groups in total. The molecule has 0 bridgehead atoms. The molecule has 0 atom stereocenters. The molecule has 3 rings (SSSR count). The van der Waals surface area contributed by atoms with E-state index in [1.165, 1.54) is 0 Å². The second kappa shape index (κ2) is 8.33. The number of hydrogen-bond donors (Lipinski definition) is 1. The van der Waals surface area contributed by atoms with E-state index >= 15 is 0 Å². The van der Waals surface area contributed by atoms with E-state index in [1.807, 2.05) is 42.5 Å². The standard InChI is InChI=1S/C14H12N6.2ClH/c15-9-10-4-6-11(7-5-10)13-17-19-14(20-18-13)12-3-1-2-8-16-12;;/h1-8H,9,15H2;2*1H. The molecular weight excluding hydrogens is 323 g/mol. The van der Waals surface area contributed by atoms with Crippen LogP contribution in [0.1, 0.15) is 5.56 Å². The van der Waals surface area contributed by atoms with E-state index in [0.29, 0.717) is 23.9 Å². The Kier molecular flexibility index (Phi) is 6.78. The number of rotatable bonds is 3. The van der Waals surface area contributed by atoms with Crippen molar-refractivity contribution in [3.63, 3.8) is 0 Å². The van der Waals surface area contributed by atoms with Gasteiger partial charge in [-0.2, -0.15) is 0 Å². The predicted molar refractivity (Wildman–Crippen MR) is 88.7 cm³/mol. The van der Waals surface area contributed by atoms with Crippen molar-refractivity contribution in [1.29, 1.82) is 0 Å². The zero-order valence-electron chi connectivity index (χ0n) is 11.5. The maximum atomic E-state index is 5.56. The molecule has 0 fully saturated rings. The van der Waals surface area contributed by atoms with Gasteiger partial charge in [-0.1, -0.05) is 30.3 Å². The van der Waals surface area contributed by atoms with Crippen molar-refractivity contribution in [2.75, 3.05) is 0 Å². The number of hydrogen-bond acceptors (Lipinski definition) is 6. The molecular formula is C14H14Cl2N6. The summed E-state index contributed by atoms with van der Waals surface area (Å²) < 4.78 is 0. The maximum Gasteiger partial charge on any atom is 0.221 e. The third-order valence-corrected chi connectivity index (χ3v) is 2.82. The molecule has 8 heteroatoms. The quantitative estimate of drug-likeness (QED) is 0.789. The minimum absolute atomic E-state index is 0. The van der Waals surface area contributed by atoms with Crippen LogP contribution in [0.5, 0.6) is 0 Å². The van der Waals surface area contributed by atoms with Crippen LogP contribution in [0.15, 0.2) is 48.7 Å². The van der Waals surface area contributed by atoms with E-state index in [2.05, 4.69) is 25.4 Å². The Balaban J connectivity index is 0.00000121. The van der Waals surface area contributed by atoms with Gasteiger partial charge in [-0.05, 0) is 17.7 Å². The molecule has 0 amide bonds. The molecule has 3 aromatic rings. The summed E-state index contributed by atoms with van der Waals surface area (Å²) in [6, 6.07) is 13.2. The summed E-state index contributed by atoms with van der Waals surface area (Å²) in [5.41, 5.74) is 8.12. The van der Waals surface area contributed by atoms with Crippen LogP contribution in [-0.2, 0) is 6.54 Å². The third kappa shape index (κ3) is 3.94. The van der Waals surface area contributed by atoms with Crippen LogP contribution >= 0.6 is 24.8 Å². The fourth-order valence-corrected chi connectivity index (χ4v) is 1.73. The lowest BCUT2D eigenvalue weighted by Gasteiger charge is -2.01. The van der Waals surface area contributed by atoms with Gasteiger partial charge in [0.05, 0.1) is 0 Å². The first kappa shape index (κ1) is 17.9. The van der Waals surface area contributed by atoms with Gasteiger partial charge >= 0.3 is 0 Å². The molecule has 0 saturated heterocycles. The molecule has 0 aliphatic heterocycles. The van der Waals surface area contributed by atoms with E-state index in [-0.39, 0.29) is 24.8 Å². The highest BCUT2D eigenvalue weighted by atomic mass is 35.5. The summed E-state index contributed by atoms with van der Waals surface area (Å²) in [5, 5.41) is 16.3. The molecule has 0 unspecified atom stereocenters. The Labute approximate surface area is 140 Å². The van der Waals surface area contributed by atoms with Crippen LogP contribution in [0.25, 0.3) is 22.9 Å². The minimum Gasteiger partial charge on any atom is -0.326 e. The number of benzene rings is 1. The summed E-state index contributed by atoms with van der Waals surface area (Å²) in [6.45, 7) is 0.510. The Bertz CT molecular complexity index is 689. The Hall–Kier alpha value is -2.15. The van der Waals surface area contributed by atoms with Crippen LogP contribution in [0.3, 0.4) is 0 Å². The summed E-state index contributed by atoms with van der Waals surface area (Å²) >= 11 is 0. The van der Waals surface area contributed by atoms with Gasteiger partial charge in [0.2, 0.25) is 11.6 Å². The highest BCUT2D eigenvalue weighted by Crippen LogP contribution is 2.15. The van der Waals surface area contributed by atoms with Gasteiger partial charge in [-0.15, -0.1) is 45.2 Å². The summed E-state index contributed by atoms with van der Waals surface area (Å²) in [7, 11) is 0. The molecule has 0 saturated carbocycles. The van der Waals surface area contributed by atoms with E-state index < -0.39 is 0 Å². The highest BCUT2D eigenvalue weighted by Gasteiger charge is 2.06. The van der Waals surface area contributed by atoms with Gasteiger partial charge in [0.25, 0.3) is 0 Å². The Morgan fingerprint density at radius 3 is 1.95 bits per heavy atom. The van der Waals surface area contributed by atoms with Gasteiger partial charge < -0.3 is 5.73 Å². The molecule has 114 valence electrons. The second-order valence-corrected chi connectivity index (χ2v) is 4.16. The lowest BCUT2D eigenvalue weighted by atomic mass is 10.1. The van der Waals surface area contributed by atoms with Crippen LogP contribution in [0, 0.1) is 0 Å². The van der Waals surface area contributed by atoms with Gasteiger partial charge in [0.1, 0.15) is 5.69 Å². The normalized spacial score (nSPS) is 9.50. The number of halogens is 2. The van der Waals surface area contributed by atoms with Crippen molar-refractivity contribution in [2.24, 2.45) is 5.73 Å². The molecule has 22 heavy (non-hydrogen) atoms. The Morgan fingerprint density at radius 1 is 0.773 bits per heavy atom. The fourth-order valence-electron chi connectivity index (χ4n) is 1.73. The zero-order chi connectivity index (χ0) is 13.8. The molecule has 6 nitrogen and oxygen atoms in total. The van der Waals surface area contributed by atoms with E-state index in [9.17, 15) is 0 Å². The van der Waals surface area contributed by atoms with E-state index in [4.69, 9.17) is 5.73 Å². The third-order valence-electron chi connectivity index (χ3n) is 2.82. The number of nitrogens with two attached hydrogens (primary N) is 1. The van der Waals surface area contributed by atoms with Crippen LogP contribution in [0.4, 0.5) is 0 Å². The lowest BCUT2D eigenvalue weighted by Crippen LogP contribution is -2.00. The molecule has 0 aliphatic rings. The maximum absolute atomic E-state index is 5.56. The topological polar surface area (TPSA) is 90.5 Å². The van der Waals surface area contributed by atoms with E-state index in [1.54, 1.807) is 6.20 Å².